The molecule has 6 nitrogen and oxygen atoms in total. The molecule has 3 unspecified atom stereocenters. The number of carbonyl (C=O) groups excluding carboxylic acids is 2. The Hall–Kier alpha value is -3.06. The third-order valence-corrected chi connectivity index (χ3v) is 5.95. The Bertz CT molecular complexity index is 1020. The topological polar surface area (TPSA) is 84.0 Å². The maximum Gasteiger partial charge on any atom is 0.248 e. The van der Waals surface area contributed by atoms with E-state index in [-0.39, 0.29) is 23.7 Å². The van der Waals surface area contributed by atoms with Gasteiger partial charge in [0.25, 0.3) is 0 Å². The second kappa shape index (κ2) is 8.13. The van der Waals surface area contributed by atoms with Crippen LogP contribution in [0.25, 0.3) is 10.6 Å². The summed E-state index contributed by atoms with van der Waals surface area (Å²) in [6.07, 6.45) is 0.820. The molecule has 1 aliphatic carbocycles. The van der Waals surface area contributed by atoms with Gasteiger partial charge in [0.2, 0.25) is 16.9 Å². The lowest BCUT2D eigenvalue weighted by molar-refractivity contribution is -0.127. The number of rotatable bonds is 6. The summed E-state index contributed by atoms with van der Waals surface area (Å²) in [5.74, 6) is -0.213. The molecular weight excluding hydrogens is 384 g/mol. The van der Waals surface area contributed by atoms with Crippen LogP contribution in [0.4, 0.5) is 5.13 Å². The summed E-state index contributed by atoms with van der Waals surface area (Å²) in [5, 5.41) is 14.9. The Morgan fingerprint density at radius 3 is 2.52 bits per heavy atom. The average Bonchev–Trinajstić information content (AvgIpc) is 3.41. The third kappa shape index (κ3) is 4.51. The molecule has 1 heterocycles. The molecule has 0 radical (unpaired) electrons. The first kappa shape index (κ1) is 19.3. The van der Waals surface area contributed by atoms with Crippen LogP contribution in [0.15, 0.2) is 54.6 Å². The number of amides is 2. The Labute approximate surface area is 173 Å². The molecule has 4 rings (SSSR count). The van der Waals surface area contributed by atoms with Gasteiger partial charge in [0.05, 0.1) is 0 Å². The van der Waals surface area contributed by atoms with Crippen LogP contribution in [0.2, 0.25) is 0 Å². The van der Waals surface area contributed by atoms with Crippen LogP contribution in [0, 0.1) is 12.8 Å². The Morgan fingerprint density at radius 1 is 1.07 bits per heavy atom. The summed E-state index contributed by atoms with van der Waals surface area (Å²) in [4.78, 5) is 24.9. The molecule has 3 atom stereocenters. The molecule has 0 bridgehead atoms. The summed E-state index contributed by atoms with van der Waals surface area (Å²) >= 11 is 1.31. The molecule has 2 aromatic carbocycles. The highest BCUT2D eigenvalue weighted by atomic mass is 32.1. The summed E-state index contributed by atoms with van der Waals surface area (Å²) in [6.45, 7) is 3.70. The van der Waals surface area contributed by atoms with E-state index in [0.717, 1.165) is 17.0 Å². The number of benzene rings is 2. The molecule has 0 spiro atoms. The summed E-state index contributed by atoms with van der Waals surface area (Å²) in [6, 6.07) is 17.3. The Kier molecular flexibility index (Phi) is 5.40. The molecule has 2 N–H and O–H groups in total. The lowest BCUT2D eigenvalue weighted by Crippen LogP contribution is -2.42. The minimum atomic E-state index is -0.647. The van der Waals surface area contributed by atoms with Gasteiger partial charge in [0.1, 0.15) is 11.0 Å². The molecular formula is C22H22N4O2S. The maximum atomic E-state index is 12.5. The smallest absolute Gasteiger partial charge is 0.248 e. The van der Waals surface area contributed by atoms with Gasteiger partial charge in [-0.25, -0.2) is 0 Å². The fraction of sp³-hybridized carbons (Fsp3) is 0.273. The highest BCUT2D eigenvalue weighted by Gasteiger charge is 2.44. The predicted octanol–water partition coefficient (Wildman–Crippen LogP) is 3.76. The van der Waals surface area contributed by atoms with E-state index in [1.165, 1.54) is 22.5 Å². The molecule has 7 heteroatoms. The lowest BCUT2D eigenvalue weighted by atomic mass is 10.1. The minimum absolute atomic E-state index is 0.0673. The molecule has 1 saturated carbocycles. The largest absolute Gasteiger partial charge is 0.344 e. The van der Waals surface area contributed by atoms with Crippen LogP contribution in [-0.4, -0.2) is 28.1 Å². The van der Waals surface area contributed by atoms with E-state index < -0.39 is 6.04 Å². The molecule has 148 valence electrons. The average molecular weight is 407 g/mol. The summed E-state index contributed by atoms with van der Waals surface area (Å²) < 4.78 is 0. The van der Waals surface area contributed by atoms with Gasteiger partial charge in [-0.1, -0.05) is 71.5 Å². The number of nitrogens with zero attached hydrogens (tertiary/aromatic N) is 2. The van der Waals surface area contributed by atoms with Crippen LogP contribution < -0.4 is 10.6 Å². The number of nitrogens with one attached hydrogen (secondary N) is 2. The van der Waals surface area contributed by atoms with E-state index in [1.54, 1.807) is 6.92 Å². The highest BCUT2D eigenvalue weighted by Crippen LogP contribution is 2.47. The number of aromatic nitrogens is 2. The zero-order chi connectivity index (χ0) is 20.4. The number of aryl methyl sites for hydroxylation is 1. The lowest BCUT2D eigenvalue weighted by Gasteiger charge is -2.12. The van der Waals surface area contributed by atoms with Crippen molar-refractivity contribution in [3.8, 4) is 10.6 Å². The van der Waals surface area contributed by atoms with Crippen LogP contribution in [-0.2, 0) is 9.59 Å². The third-order valence-electron chi connectivity index (χ3n) is 5.06. The first-order valence-electron chi connectivity index (χ1n) is 9.58. The molecule has 3 aromatic rings. The highest BCUT2D eigenvalue weighted by molar-refractivity contribution is 7.18. The predicted molar refractivity (Wildman–Crippen MR) is 114 cm³/mol. The SMILES string of the molecule is Cc1ccc(-c2nnc(NC(=O)C(C)NC(=O)C3CC3c3ccccc3)s2)cc1. The summed E-state index contributed by atoms with van der Waals surface area (Å²) in [5.41, 5.74) is 3.29. The van der Waals surface area contributed by atoms with Gasteiger partial charge < -0.3 is 5.32 Å². The zero-order valence-electron chi connectivity index (χ0n) is 16.3. The number of anilines is 1. The first-order valence-corrected chi connectivity index (χ1v) is 10.4. The quantitative estimate of drug-likeness (QED) is 0.653. The van der Waals surface area contributed by atoms with Crippen molar-refractivity contribution in [1.82, 2.24) is 15.5 Å². The van der Waals surface area contributed by atoms with Crippen molar-refractivity contribution in [2.75, 3.05) is 5.32 Å². The Balaban J connectivity index is 1.31. The fourth-order valence-electron chi connectivity index (χ4n) is 3.24. The molecule has 0 saturated heterocycles. The van der Waals surface area contributed by atoms with Crippen LogP contribution in [0.5, 0.6) is 0 Å². The summed E-state index contributed by atoms with van der Waals surface area (Å²) in [7, 11) is 0. The Morgan fingerprint density at radius 2 is 1.79 bits per heavy atom. The number of hydrogen-bond donors (Lipinski definition) is 2. The van der Waals surface area contributed by atoms with E-state index in [1.807, 2.05) is 61.5 Å². The van der Waals surface area contributed by atoms with E-state index in [0.29, 0.717) is 5.13 Å². The molecule has 1 aromatic heterocycles. The van der Waals surface area contributed by atoms with Crippen molar-refractivity contribution in [2.45, 2.75) is 32.2 Å². The minimum Gasteiger partial charge on any atom is -0.344 e. The standard InChI is InChI=1S/C22H22N4O2S/c1-13-8-10-16(11-9-13)21-25-26-22(29-21)24-19(27)14(2)23-20(28)18-12-17(18)15-6-4-3-5-7-15/h3-11,14,17-18H,12H2,1-2H3,(H,23,28)(H,24,26,27). The van der Waals surface area contributed by atoms with Crippen molar-refractivity contribution in [3.63, 3.8) is 0 Å². The van der Waals surface area contributed by atoms with Crippen LogP contribution in [0.1, 0.15) is 30.4 Å². The van der Waals surface area contributed by atoms with Crippen molar-refractivity contribution in [3.05, 3.63) is 65.7 Å². The van der Waals surface area contributed by atoms with E-state index in [9.17, 15) is 9.59 Å². The van der Waals surface area contributed by atoms with Gasteiger partial charge in [-0.3, -0.25) is 14.9 Å². The second-order valence-electron chi connectivity index (χ2n) is 7.36. The van der Waals surface area contributed by atoms with Gasteiger partial charge in [0, 0.05) is 11.5 Å². The second-order valence-corrected chi connectivity index (χ2v) is 8.33. The fourth-order valence-corrected chi connectivity index (χ4v) is 3.99. The maximum absolute atomic E-state index is 12.5. The van der Waals surface area contributed by atoms with Crippen LogP contribution in [0.3, 0.4) is 0 Å². The van der Waals surface area contributed by atoms with Crippen molar-refractivity contribution < 1.29 is 9.59 Å². The molecule has 2 amide bonds. The molecule has 1 fully saturated rings. The number of hydrogen-bond acceptors (Lipinski definition) is 5. The monoisotopic (exact) mass is 406 g/mol. The van der Waals surface area contributed by atoms with Crippen molar-refractivity contribution in [1.29, 1.82) is 0 Å². The molecule has 1 aliphatic rings. The molecule has 29 heavy (non-hydrogen) atoms. The van der Waals surface area contributed by atoms with Crippen molar-refractivity contribution >= 4 is 28.3 Å². The van der Waals surface area contributed by atoms with E-state index >= 15 is 0 Å². The normalized spacial score (nSPS) is 18.7. The van der Waals surface area contributed by atoms with Gasteiger partial charge in [0.15, 0.2) is 0 Å². The van der Waals surface area contributed by atoms with Gasteiger partial charge in [-0.15, -0.1) is 10.2 Å². The van der Waals surface area contributed by atoms with Gasteiger partial charge in [-0.2, -0.15) is 0 Å². The van der Waals surface area contributed by atoms with Gasteiger partial charge in [-0.05, 0) is 31.7 Å². The first-order chi connectivity index (χ1) is 14.0. The molecule has 0 aliphatic heterocycles. The van der Waals surface area contributed by atoms with E-state index in [2.05, 4.69) is 20.8 Å². The van der Waals surface area contributed by atoms with Gasteiger partial charge >= 0.3 is 0 Å². The zero-order valence-corrected chi connectivity index (χ0v) is 17.1. The van der Waals surface area contributed by atoms with Crippen molar-refractivity contribution in [2.24, 2.45) is 5.92 Å². The van der Waals surface area contributed by atoms with E-state index in [4.69, 9.17) is 0 Å². The van der Waals surface area contributed by atoms with Crippen LogP contribution >= 0.6 is 11.3 Å². The number of carbonyl (C=O) groups is 2.